The summed E-state index contributed by atoms with van der Waals surface area (Å²) in [7, 11) is 2.03. The van der Waals surface area contributed by atoms with Crippen LogP contribution in [-0.2, 0) is 6.42 Å². The summed E-state index contributed by atoms with van der Waals surface area (Å²) >= 11 is 0. The van der Waals surface area contributed by atoms with Gasteiger partial charge in [0.1, 0.15) is 5.82 Å². The fraction of sp³-hybridized carbons (Fsp3) is 0.583. The summed E-state index contributed by atoms with van der Waals surface area (Å²) in [5.74, 6) is 2.78. The molecule has 1 saturated heterocycles. The molecule has 0 saturated carbocycles. The van der Waals surface area contributed by atoms with Gasteiger partial charge in [-0.2, -0.15) is 4.98 Å². The highest BCUT2D eigenvalue weighted by molar-refractivity contribution is 5.61. The van der Waals surface area contributed by atoms with E-state index >= 15 is 0 Å². The van der Waals surface area contributed by atoms with Gasteiger partial charge < -0.3 is 21.3 Å². The lowest BCUT2D eigenvalue weighted by molar-refractivity contribution is 0.392. The van der Waals surface area contributed by atoms with Crippen LogP contribution in [0.5, 0.6) is 0 Å². The number of pyridine rings is 1. The molecule has 9 heteroatoms. The number of hydrogen-bond acceptors (Lipinski definition) is 8. The number of fused-ring (bicyclic) bond motifs is 1. The van der Waals surface area contributed by atoms with Crippen LogP contribution >= 0.6 is 0 Å². The molecule has 3 aromatic rings. The number of aromatic nitrogens is 5. The van der Waals surface area contributed by atoms with Crippen molar-refractivity contribution < 1.29 is 0 Å². The van der Waals surface area contributed by atoms with Gasteiger partial charge in [-0.25, -0.2) is 14.5 Å². The summed E-state index contributed by atoms with van der Waals surface area (Å²) in [5.41, 5.74) is 10.1. The Morgan fingerprint density at radius 1 is 1.21 bits per heavy atom. The normalized spacial score (nSPS) is 15.8. The van der Waals surface area contributed by atoms with Gasteiger partial charge in [0, 0.05) is 31.7 Å². The number of nitrogen functional groups attached to an aromatic ring is 1. The number of nitrogens with one attached hydrogen (secondary N) is 2. The largest absolute Gasteiger partial charge is 0.380 e. The molecule has 178 valence electrons. The molecule has 1 fully saturated rings. The number of nitrogens with zero attached hydrogens (tertiary/aromatic N) is 6. The van der Waals surface area contributed by atoms with E-state index in [0.29, 0.717) is 23.8 Å². The van der Waals surface area contributed by atoms with Crippen molar-refractivity contribution in [2.24, 2.45) is 5.92 Å². The third kappa shape index (κ3) is 5.35. The van der Waals surface area contributed by atoms with Crippen molar-refractivity contribution in [3.8, 4) is 0 Å². The second-order valence-electron chi connectivity index (χ2n) is 9.29. The monoisotopic (exact) mass is 451 g/mol. The van der Waals surface area contributed by atoms with Crippen molar-refractivity contribution in [2.75, 3.05) is 42.6 Å². The highest BCUT2D eigenvalue weighted by Gasteiger charge is 2.21. The Morgan fingerprint density at radius 2 is 2.00 bits per heavy atom. The maximum Gasteiger partial charge on any atom is 0.243 e. The Hall–Kier alpha value is -2.94. The molecule has 0 radical (unpaired) electrons. The topological polar surface area (TPSA) is 109 Å². The Balaban J connectivity index is 1.50. The molecule has 4 N–H and O–H groups in total. The summed E-state index contributed by atoms with van der Waals surface area (Å²) in [5, 5.41) is 11.3. The fourth-order valence-corrected chi connectivity index (χ4v) is 4.76. The molecular formula is C24H37N9. The van der Waals surface area contributed by atoms with Crippen molar-refractivity contribution in [1.29, 1.82) is 0 Å². The van der Waals surface area contributed by atoms with Crippen LogP contribution in [0.1, 0.15) is 56.4 Å². The quantitative estimate of drug-likeness (QED) is 0.455. The van der Waals surface area contributed by atoms with Crippen LogP contribution in [0.15, 0.2) is 18.5 Å². The molecule has 0 spiro atoms. The van der Waals surface area contributed by atoms with Gasteiger partial charge in [0.15, 0.2) is 11.5 Å². The molecule has 4 heterocycles. The standard InChI is InChI=1S/C24H37N9/c1-5-6-17(3)29-24-30-21(25)23-28-15-20(33(23)31-24)12-19-11-16(2)22(27-14-19)32-9-7-18(8-10-32)13-26-4/h11,14-15,17-18,26H,5-10,12-13H2,1-4H3,(H3,25,29,30,31). The molecule has 4 rings (SSSR count). The number of anilines is 3. The predicted octanol–water partition coefficient (Wildman–Crippen LogP) is 3.04. The first-order valence-electron chi connectivity index (χ1n) is 12.1. The zero-order chi connectivity index (χ0) is 23.4. The number of rotatable bonds is 9. The van der Waals surface area contributed by atoms with E-state index in [4.69, 9.17) is 10.7 Å². The molecule has 1 aliphatic heterocycles. The lowest BCUT2D eigenvalue weighted by atomic mass is 9.96. The minimum Gasteiger partial charge on any atom is -0.380 e. The van der Waals surface area contributed by atoms with Crippen molar-refractivity contribution in [3.05, 3.63) is 35.3 Å². The van der Waals surface area contributed by atoms with Crippen molar-refractivity contribution in [1.82, 2.24) is 29.9 Å². The minimum atomic E-state index is 0.279. The van der Waals surface area contributed by atoms with Crippen LogP contribution in [0.2, 0.25) is 0 Å². The van der Waals surface area contributed by atoms with E-state index in [1.54, 1.807) is 4.52 Å². The molecule has 3 aromatic heterocycles. The first kappa shape index (κ1) is 23.2. The van der Waals surface area contributed by atoms with Gasteiger partial charge >= 0.3 is 0 Å². The number of piperidine rings is 1. The lowest BCUT2D eigenvalue weighted by Crippen LogP contribution is -2.37. The van der Waals surface area contributed by atoms with Gasteiger partial charge in [0.05, 0.1) is 11.9 Å². The maximum atomic E-state index is 6.17. The molecule has 9 nitrogen and oxygen atoms in total. The highest BCUT2D eigenvalue weighted by Crippen LogP contribution is 2.25. The molecule has 33 heavy (non-hydrogen) atoms. The summed E-state index contributed by atoms with van der Waals surface area (Å²) in [6.07, 6.45) is 9.05. The van der Waals surface area contributed by atoms with Gasteiger partial charge in [-0.3, -0.25) is 0 Å². The summed E-state index contributed by atoms with van der Waals surface area (Å²) in [4.78, 5) is 16.1. The number of hydrogen-bond donors (Lipinski definition) is 3. The van der Waals surface area contributed by atoms with Gasteiger partial charge in [-0.1, -0.05) is 19.4 Å². The van der Waals surface area contributed by atoms with E-state index in [9.17, 15) is 0 Å². The minimum absolute atomic E-state index is 0.279. The van der Waals surface area contributed by atoms with Gasteiger partial charge in [0.25, 0.3) is 0 Å². The van der Waals surface area contributed by atoms with E-state index in [1.807, 2.05) is 19.4 Å². The maximum absolute atomic E-state index is 6.17. The molecule has 0 bridgehead atoms. The SMILES string of the molecule is CCCC(C)Nc1nc(N)c2ncc(Cc3cnc(N4CCC(CNC)CC4)c(C)c3)n2n1. The summed E-state index contributed by atoms with van der Waals surface area (Å²) in [6.45, 7) is 9.67. The molecule has 1 aliphatic rings. The molecule has 1 atom stereocenters. The van der Waals surface area contributed by atoms with E-state index in [-0.39, 0.29) is 6.04 Å². The van der Waals surface area contributed by atoms with E-state index in [1.165, 1.54) is 18.4 Å². The van der Waals surface area contributed by atoms with Gasteiger partial charge in [-0.05, 0) is 63.7 Å². The average Bonchev–Trinajstić information content (AvgIpc) is 3.18. The Bertz CT molecular complexity index is 1070. The van der Waals surface area contributed by atoms with E-state index < -0.39 is 0 Å². The van der Waals surface area contributed by atoms with Crippen LogP contribution in [0.25, 0.3) is 5.65 Å². The summed E-state index contributed by atoms with van der Waals surface area (Å²) in [6, 6.07) is 2.51. The van der Waals surface area contributed by atoms with E-state index in [0.717, 1.165) is 55.5 Å². The fourth-order valence-electron chi connectivity index (χ4n) is 4.76. The van der Waals surface area contributed by atoms with Crippen LogP contribution < -0.4 is 21.3 Å². The Labute approximate surface area is 196 Å². The summed E-state index contributed by atoms with van der Waals surface area (Å²) < 4.78 is 1.80. The third-order valence-electron chi connectivity index (χ3n) is 6.46. The van der Waals surface area contributed by atoms with Gasteiger partial charge in [-0.15, -0.1) is 5.10 Å². The van der Waals surface area contributed by atoms with Crippen molar-refractivity contribution in [3.63, 3.8) is 0 Å². The lowest BCUT2D eigenvalue weighted by Gasteiger charge is -2.33. The molecule has 0 amide bonds. The second-order valence-corrected chi connectivity index (χ2v) is 9.29. The van der Waals surface area contributed by atoms with Crippen LogP contribution in [-0.4, -0.2) is 57.3 Å². The number of aryl methyl sites for hydroxylation is 1. The molecular weight excluding hydrogens is 414 g/mol. The molecule has 0 aromatic carbocycles. The number of nitrogens with two attached hydrogens (primary N) is 1. The first-order valence-corrected chi connectivity index (χ1v) is 12.1. The predicted molar refractivity (Wildman–Crippen MR) is 134 cm³/mol. The zero-order valence-electron chi connectivity index (χ0n) is 20.3. The van der Waals surface area contributed by atoms with Crippen LogP contribution in [0.4, 0.5) is 17.6 Å². The average molecular weight is 452 g/mol. The molecule has 1 unspecified atom stereocenters. The van der Waals surface area contributed by atoms with Crippen molar-refractivity contribution >= 4 is 23.2 Å². The highest BCUT2D eigenvalue weighted by atomic mass is 15.3. The van der Waals surface area contributed by atoms with E-state index in [2.05, 4.69) is 57.4 Å². The van der Waals surface area contributed by atoms with Gasteiger partial charge in [0.2, 0.25) is 5.95 Å². The zero-order valence-corrected chi connectivity index (χ0v) is 20.3. The smallest absolute Gasteiger partial charge is 0.243 e. The second kappa shape index (κ2) is 10.3. The Kier molecular flexibility index (Phi) is 7.27. The van der Waals surface area contributed by atoms with Crippen LogP contribution in [0.3, 0.4) is 0 Å². The third-order valence-corrected chi connectivity index (χ3v) is 6.46. The first-order chi connectivity index (χ1) is 16.0. The van der Waals surface area contributed by atoms with Crippen LogP contribution in [0, 0.1) is 12.8 Å². The number of imidazole rings is 1. The Morgan fingerprint density at radius 3 is 2.70 bits per heavy atom. The molecule has 0 aliphatic carbocycles. The van der Waals surface area contributed by atoms with Crippen molar-refractivity contribution in [2.45, 2.75) is 58.9 Å².